The van der Waals surface area contributed by atoms with Gasteiger partial charge in [0.15, 0.2) is 5.16 Å². The van der Waals surface area contributed by atoms with Crippen LogP contribution in [0.1, 0.15) is 11.4 Å². The summed E-state index contributed by atoms with van der Waals surface area (Å²) >= 11 is 1.81. The fourth-order valence-electron chi connectivity index (χ4n) is 1.41. The summed E-state index contributed by atoms with van der Waals surface area (Å²) in [5.74, 6) is 1.15. The first-order chi connectivity index (χ1) is 5.33. The molecule has 0 spiro atoms. The zero-order valence-electron chi connectivity index (χ0n) is 6.50. The van der Waals surface area contributed by atoms with Crippen molar-refractivity contribution in [3.05, 3.63) is 11.4 Å². The summed E-state index contributed by atoms with van der Waals surface area (Å²) in [6, 6.07) is 0. The molecule has 0 radical (unpaired) electrons. The Labute approximate surface area is 70.0 Å². The maximum atomic E-state index is 5.60. The van der Waals surface area contributed by atoms with Crippen LogP contribution in [0.4, 0.5) is 0 Å². The number of imidazole rings is 1. The zero-order valence-corrected chi connectivity index (χ0v) is 7.32. The number of aromatic nitrogens is 2. The lowest BCUT2D eigenvalue weighted by Crippen LogP contribution is -2.06. The molecule has 1 aliphatic heterocycles. The van der Waals surface area contributed by atoms with Gasteiger partial charge in [-0.15, -0.1) is 0 Å². The molecule has 1 aromatic heterocycles. The van der Waals surface area contributed by atoms with E-state index in [0.717, 1.165) is 23.1 Å². The van der Waals surface area contributed by atoms with Crippen molar-refractivity contribution in [3.63, 3.8) is 0 Å². The normalized spacial score (nSPS) is 15.5. The van der Waals surface area contributed by atoms with Crippen molar-refractivity contribution in [3.8, 4) is 0 Å². The quantitative estimate of drug-likeness (QED) is 0.675. The maximum Gasteiger partial charge on any atom is 0.168 e. The van der Waals surface area contributed by atoms with Crippen LogP contribution in [0.25, 0.3) is 0 Å². The molecule has 0 saturated carbocycles. The zero-order chi connectivity index (χ0) is 7.84. The van der Waals surface area contributed by atoms with Crippen LogP contribution in [0, 0.1) is 6.92 Å². The lowest BCUT2D eigenvalue weighted by Gasteiger charge is -2.00. The average Bonchev–Trinajstić information content (AvgIpc) is 2.46. The number of nitrogens with zero attached hydrogens (tertiary/aromatic N) is 2. The van der Waals surface area contributed by atoms with Crippen molar-refractivity contribution in [1.29, 1.82) is 0 Å². The highest BCUT2D eigenvalue weighted by Gasteiger charge is 2.17. The molecule has 0 fully saturated rings. The minimum atomic E-state index is 0.611. The summed E-state index contributed by atoms with van der Waals surface area (Å²) in [7, 11) is 0. The van der Waals surface area contributed by atoms with E-state index in [9.17, 15) is 0 Å². The molecule has 0 amide bonds. The van der Waals surface area contributed by atoms with Gasteiger partial charge >= 0.3 is 0 Å². The molecule has 2 heterocycles. The third-order valence-corrected chi connectivity index (χ3v) is 2.93. The topological polar surface area (TPSA) is 43.8 Å². The Kier molecular flexibility index (Phi) is 1.65. The summed E-state index contributed by atoms with van der Waals surface area (Å²) in [6.45, 7) is 3.71. The van der Waals surface area contributed by atoms with E-state index >= 15 is 0 Å². The van der Waals surface area contributed by atoms with Gasteiger partial charge in [0.2, 0.25) is 0 Å². The van der Waals surface area contributed by atoms with Crippen LogP contribution in [0.2, 0.25) is 0 Å². The van der Waals surface area contributed by atoms with E-state index in [-0.39, 0.29) is 0 Å². The van der Waals surface area contributed by atoms with Crippen molar-refractivity contribution in [2.45, 2.75) is 25.2 Å². The van der Waals surface area contributed by atoms with Crippen molar-refractivity contribution < 1.29 is 0 Å². The van der Waals surface area contributed by atoms with Crippen LogP contribution in [-0.4, -0.2) is 15.3 Å². The second-order valence-electron chi connectivity index (χ2n) is 2.63. The first kappa shape index (κ1) is 7.18. The molecule has 1 aromatic rings. The first-order valence-corrected chi connectivity index (χ1v) is 4.70. The summed E-state index contributed by atoms with van der Waals surface area (Å²) in [5, 5.41) is 1.14. The minimum Gasteiger partial charge on any atom is -0.325 e. The van der Waals surface area contributed by atoms with E-state index in [0.29, 0.717) is 6.54 Å². The number of thioether (sulfide) groups is 1. The highest BCUT2D eigenvalue weighted by atomic mass is 32.2. The van der Waals surface area contributed by atoms with Crippen molar-refractivity contribution >= 4 is 11.8 Å². The van der Waals surface area contributed by atoms with Gasteiger partial charge in [-0.2, -0.15) is 0 Å². The molecule has 0 saturated heterocycles. The number of hydrogen-bond donors (Lipinski definition) is 1. The van der Waals surface area contributed by atoms with Gasteiger partial charge in [0.05, 0.1) is 11.4 Å². The van der Waals surface area contributed by atoms with E-state index in [1.54, 1.807) is 0 Å². The van der Waals surface area contributed by atoms with E-state index in [2.05, 4.69) is 9.55 Å². The number of nitrogens with two attached hydrogens (primary N) is 1. The molecule has 4 heteroatoms. The van der Waals surface area contributed by atoms with Gasteiger partial charge in [-0.1, -0.05) is 11.8 Å². The van der Waals surface area contributed by atoms with Gasteiger partial charge in [0, 0.05) is 18.8 Å². The van der Waals surface area contributed by atoms with Gasteiger partial charge in [-0.3, -0.25) is 0 Å². The van der Waals surface area contributed by atoms with Crippen LogP contribution in [-0.2, 0) is 13.1 Å². The van der Waals surface area contributed by atoms with Crippen LogP contribution in [0.15, 0.2) is 5.16 Å². The first-order valence-electron chi connectivity index (χ1n) is 3.72. The van der Waals surface area contributed by atoms with Crippen molar-refractivity contribution in [1.82, 2.24) is 9.55 Å². The summed E-state index contributed by atoms with van der Waals surface area (Å²) in [4.78, 5) is 4.41. The van der Waals surface area contributed by atoms with E-state index in [1.165, 1.54) is 5.69 Å². The second-order valence-corrected chi connectivity index (χ2v) is 3.69. The fraction of sp³-hybridized carbons (Fsp3) is 0.571. The van der Waals surface area contributed by atoms with Crippen LogP contribution < -0.4 is 5.73 Å². The minimum absolute atomic E-state index is 0.611. The summed E-state index contributed by atoms with van der Waals surface area (Å²) < 4.78 is 2.22. The van der Waals surface area contributed by atoms with Gasteiger partial charge in [-0.05, 0) is 6.92 Å². The van der Waals surface area contributed by atoms with Crippen LogP contribution in [0.3, 0.4) is 0 Å². The highest BCUT2D eigenvalue weighted by molar-refractivity contribution is 7.99. The predicted molar refractivity (Wildman–Crippen MR) is 45.6 cm³/mol. The smallest absolute Gasteiger partial charge is 0.168 e. The Morgan fingerprint density at radius 3 is 3.27 bits per heavy atom. The monoisotopic (exact) mass is 169 g/mol. The average molecular weight is 169 g/mol. The Balaban J connectivity index is 2.52. The predicted octanol–water partition coefficient (Wildman–Crippen LogP) is 0.756. The Morgan fingerprint density at radius 2 is 2.55 bits per heavy atom. The van der Waals surface area contributed by atoms with Gasteiger partial charge in [0.1, 0.15) is 0 Å². The molecule has 2 N–H and O–H groups in total. The largest absolute Gasteiger partial charge is 0.325 e. The van der Waals surface area contributed by atoms with Crippen molar-refractivity contribution in [2.75, 3.05) is 5.75 Å². The lowest BCUT2D eigenvalue weighted by atomic mass is 10.3. The van der Waals surface area contributed by atoms with E-state index in [1.807, 2.05) is 18.7 Å². The van der Waals surface area contributed by atoms with Gasteiger partial charge < -0.3 is 10.3 Å². The molecular formula is C7H11N3S. The third kappa shape index (κ3) is 0.973. The van der Waals surface area contributed by atoms with Crippen LogP contribution >= 0.6 is 11.8 Å². The third-order valence-electron chi connectivity index (χ3n) is 1.98. The molecule has 0 bridgehead atoms. The Hall–Kier alpha value is -0.480. The molecule has 0 atom stereocenters. The fourth-order valence-corrected chi connectivity index (χ4v) is 2.42. The Bertz CT molecular complexity index is 279. The SMILES string of the molecule is Cc1nc2n(c1CN)CCS2. The molecule has 60 valence electrons. The summed E-state index contributed by atoms with van der Waals surface area (Å²) in [5.41, 5.74) is 7.89. The lowest BCUT2D eigenvalue weighted by molar-refractivity contribution is 0.677. The molecule has 3 nitrogen and oxygen atoms in total. The second kappa shape index (κ2) is 2.53. The molecule has 0 aliphatic carbocycles. The van der Waals surface area contributed by atoms with Gasteiger partial charge in [-0.25, -0.2) is 4.98 Å². The molecule has 0 aromatic carbocycles. The molecular weight excluding hydrogens is 158 g/mol. The molecule has 2 rings (SSSR count). The van der Waals surface area contributed by atoms with Gasteiger partial charge in [0.25, 0.3) is 0 Å². The number of hydrogen-bond acceptors (Lipinski definition) is 3. The van der Waals surface area contributed by atoms with E-state index < -0.39 is 0 Å². The highest BCUT2D eigenvalue weighted by Crippen LogP contribution is 2.27. The number of rotatable bonds is 1. The molecule has 0 unspecified atom stereocenters. The standard InChI is InChI=1S/C7H11N3S/c1-5-6(4-8)10-2-3-11-7(10)9-5/h2-4,8H2,1H3. The maximum absolute atomic E-state index is 5.60. The number of aryl methyl sites for hydroxylation is 1. The van der Waals surface area contributed by atoms with Crippen LogP contribution in [0.5, 0.6) is 0 Å². The van der Waals surface area contributed by atoms with E-state index in [4.69, 9.17) is 5.73 Å². The summed E-state index contributed by atoms with van der Waals surface area (Å²) in [6.07, 6.45) is 0. The number of fused-ring (bicyclic) bond motifs is 1. The molecule has 11 heavy (non-hydrogen) atoms. The molecule has 1 aliphatic rings. The Morgan fingerprint density at radius 1 is 1.73 bits per heavy atom. The van der Waals surface area contributed by atoms with Crippen molar-refractivity contribution in [2.24, 2.45) is 5.73 Å².